The van der Waals surface area contributed by atoms with Gasteiger partial charge in [0.2, 0.25) is 0 Å². The Morgan fingerprint density at radius 1 is 1.80 bits per heavy atom. The van der Waals surface area contributed by atoms with Gasteiger partial charge in [-0.05, 0) is 13.3 Å². The molecule has 0 aliphatic carbocycles. The second-order valence-electron chi connectivity index (χ2n) is 1.03. The molecule has 0 spiro atoms. The van der Waals surface area contributed by atoms with Crippen LogP contribution in [0.2, 0.25) is 0 Å². The van der Waals surface area contributed by atoms with Crippen molar-refractivity contribution in [3.8, 4) is 0 Å². The SMILES string of the molecule is CC[C](C)Br. The van der Waals surface area contributed by atoms with Crippen molar-refractivity contribution < 1.29 is 0 Å². The van der Waals surface area contributed by atoms with E-state index in [2.05, 4.69) is 29.8 Å². The van der Waals surface area contributed by atoms with E-state index in [1.54, 1.807) is 0 Å². The molecule has 1 heteroatoms. The summed E-state index contributed by atoms with van der Waals surface area (Å²) in [6.07, 6.45) is 1.14. The van der Waals surface area contributed by atoms with Gasteiger partial charge in [-0.1, -0.05) is 22.9 Å². The average Bonchev–Trinajstić information content (AvgIpc) is 1.38. The van der Waals surface area contributed by atoms with Gasteiger partial charge in [-0.2, -0.15) is 0 Å². The van der Waals surface area contributed by atoms with Crippen LogP contribution in [0.3, 0.4) is 0 Å². The van der Waals surface area contributed by atoms with Crippen molar-refractivity contribution in [1.82, 2.24) is 0 Å². The van der Waals surface area contributed by atoms with Gasteiger partial charge in [0, 0.05) is 4.83 Å². The van der Waals surface area contributed by atoms with Crippen LogP contribution in [-0.2, 0) is 0 Å². The van der Waals surface area contributed by atoms with E-state index in [-0.39, 0.29) is 0 Å². The van der Waals surface area contributed by atoms with E-state index >= 15 is 0 Å². The van der Waals surface area contributed by atoms with Crippen molar-refractivity contribution in [2.45, 2.75) is 20.3 Å². The van der Waals surface area contributed by atoms with Crippen molar-refractivity contribution in [2.24, 2.45) is 0 Å². The summed E-state index contributed by atoms with van der Waals surface area (Å²) in [7, 11) is 0. The Bertz CT molecular complexity index is 17.6. The smallest absolute Gasteiger partial charge is 0.0377 e. The van der Waals surface area contributed by atoms with E-state index in [9.17, 15) is 0 Å². The summed E-state index contributed by atoms with van der Waals surface area (Å²) in [5.74, 6) is 0. The highest BCUT2D eigenvalue weighted by Gasteiger charge is 1.84. The molecule has 0 bridgehead atoms. The monoisotopic (exact) mass is 135 g/mol. The van der Waals surface area contributed by atoms with Crippen molar-refractivity contribution in [3.05, 3.63) is 4.83 Å². The molecule has 0 saturated heterocycles. The lowest BCUT2D eigenvalue weighted by Crippen LogP contribution is -1.66. The van der Waals surface area contributed by atoms with Crippen molar-refractivity contribution in [1.29, 1.82) is 0 Å². The van der Waals surface area contributed by atoms with Crippen LogP contribution in [0.4, 0.5) is 0 Å². The topological polar surface area (TPSA) is 0 Å². The lowest BCUT2D eigenvalue weighted by Gasteiger charge is -1.86. The van der Waals surface area contributed by atoms with E-state index in [0.717, 1.165) is 6.42 Å². The van der Waals surface area contributed by atoms with E-state index in [0.29, 0.717) is 0 Å². The summed E-state index contributed by atoms with van der Waals surface area (Å²) in [5.41, 5.74) is 0. The zero-order chi connectivity index (χ0) is 4.28. The van der Waals surface area contributed by atoms with Crippen LogP contribution in [0.1, 0.15) is 20.3 Å². The van der Waals surface area contributed by atoms with Gasteiger partial charge >= 0.3 is 0 Å². The molecule has 0 aliphatic rings. The first kappa shape index (κ1) is 5.48. The van der Waals surface area contributed by atoms with Gasteiger partial charge in [0.05, 0.1) is 0 Å². The first-order valence-electron chi connectivity index (χ1n) is 1.75. The maximum atomic E-state index is 3.29. The van der Waals surface area contributed by atoms with Crippen LogP contribution < -0.4 is 0 Å². The highest BCUT2D eigenvalue weighted by molar-refractivity contribution is 9.11. The molecule has 0 aromatic heterocycles. The molecule has 31 valence electrons. The van der Waals surface area contributed by atoms with Crippen molar-refractivity contribution in [3.63, 3.8) is 0 Å². The average molecular weight is 136 g/mol. The van der Waals surface area contributed by atoms with E-state index in [1.807, 2.05) is 0 Å². The number of halogens is 1. The molecule has 0 amide bonds. The number of hydrogen-bond acceptors (Lipinski definition) is 0. The molecule has 0 aromatic carbocycles. The van der Waals surface area contributed by atoms with Crippen LogP contribution in [0.15, 0.2) is 0 Å². The molecule has 0 rings (SSSR count). The highest BCUT2D eigenvalue weighted by Crippen LogP contribution is 2.09. The zero-order valence-corrected chi connectivity index (χ0v) is 5.17. The third-order valence-corrected chi connectivity index (χ3v) is 1.05. The minimum absolute atomic E-state index is 1.14. The number of hydrogen-bond donors (Lipinski definition) is 0. The van der Waals surface area contributed by atoms with Crippen molar-refractivity contribution in [2.75, 3.05) is 0 Å². The maximum Gasteiger partial charge on any atom is 0.0377 e. The Labute approximate surface area is 41.7 Å². The van der Waals surface area contributed by atoms with Gasteiger partial charge in [-0.3, -0.25) is 0 Å². The minimum atomic E-state index is 1.14. The lowest BCUT2D eigenvalue weighted by molar-refractivity contribution is 1.07. The van der Waals surface area contributed by atoms with Crippen molar-refractivity contribution >= 4 is 15.9 Å². The third-order valence-electron chi connectivity index (χ3n) is 0.487. The predicted molar refractivity (Wildman–Crippen MR) is 28.1 cm³/mol. The molecule has 0 heterocycles. The zero-order valence-electron chi connectivity index (χ0n) is 3.59. The van der Waals surface area contributed by atoms with Crippen LogP contribution in [0.5, 0.6) is 0 Å². The predicted octanol–water partition coefficient (Wildman–Crippen LogP) is 2.34. The molecule has 0 aromatic rings. The molecular weight excluding hydrogens is 128 g/mol. The third kappa shape index (κ3) is 4.48. The van der Waals surface area contributed by atoms with Gasteiger partial charge in [0.25, 0.3) is 0 Å². The molecule has 0 nitrogen and oxygen atoms in total. The molecule has 0 fully saturated rings. The largest absolute Gasteiger partial charge is 0.0841 e. The Balaban J connectivity index is 2.54. The molecule has 0 atom stereocenters. The lowest BCUT2D eigenvalue weighted by atomic mass is 10.4. The van der Waals surface area contributed by atoms with Gasteiger partial charge in [-0.25, -0.2) is 0 Å². The molecule has 5 heavy (non-hydrogen) atoms. The Morgan fingerprint density at radius 3 is 2.00 bits per heavy atom. The summed E-state index contributed by atoms with van der Waals surface area (Å²) in [6, 6.07) is 0. The Morgan fingerprint density at radius 2 is 2.00 bits per heavy atom. The van der Waals surface area contributed by atoms with Gasteiger partial charge in [-0.15, -0.1) is 0 Å². The Kier molecular flexibility index (Phi) is 2.96. The molecular formula is C4H8Br. The molecule has 0 aliphatic heterocycles. The molecule has 1 radical (unpaired) electrons. The van der Waals surface area contributed by atoms with Crippen LogP contribution in [0.25, 0.3) is 0 Å². The van der Waals surface area contributed by atoms with Gasteiger partial charge in [0.1, 0.15) is 0 Å². The fourth-order valence-electron chi connectivity index (χ4n) is 0. The standard InChI is InChI=1S/C4H8Br/c1-3-4(2)5/h3H2,1-2H3. The summed E-state index contributed by atoms with van der Waals surface area (Å²) in [6.45, 7) is 4.17. The summed E-state index contributed by atoms with van der Waals surface area (Å²) in [5, 5.41) is 0. The summed E-state index contributed by atoms with van der Waals surface area (Å²) in [4.78, 5) is 1.32. The highest BCUT2D eigenvalue weighted by atomic mass is 79.9. The van der Waals surface area contributed by atoms with Crippen LogP contribution in [-0.4, -0.2) is 0 Å². The summed E-state index contributed by atoms with van der Waals surface area (Å²) >= 11 is 3.29. The van der Waals surface area contributed by atoms with Gasteiger partial charge in [0.15, 0.2) is 0 Å². The molecule has 0 saturated carbocycles. The van der Waals surface area contributed by atoms with E-state index in [1.165, 1.54) is 4.83 Å². The maximum absolute atomic E-state index is 3.29. The number of rotatable bonds is 1. The molecule has 0 N–H and O–H groups in total. The quantitative estimate of drug-likeness (QED) is 0.518. The summed E-state index contributed by atoms with van der Waals surface area (Å²) < 4.78 is 0. The first-order chi connectivity index (χ1) is 2.27. The van der Waals surface area contributed by atoms with Gasteiger partial charge < -0.3 is 0 Å². The normalized spacial score (nSPS) is 9.60. The minimum Gasteiger partial charge on any atom is -0.0841 e. The second kappa shape index (κ2) is 2.70. The van der Waals surface area contributed by atoms with E-state index in [4.69, 9.17) is 0 Å². The fourth-order valence-corrected chi connectivity index (χ4v) is 0. The fraction of sp³-hybridized carbons (Fsp3) is 0.750. The first-order valence-corrected chi connectivity index (χ1v) is 2.54. The van der Waals surface area contributed by atoms with E-state index < -0.39 is 0 Å². The second-order valence-corrected chi connectivity index (χ2v) is 2.38. The Hall–Kier alpha value is 0.480. The van der Waals surface area contributed by atoms with Crippen LogP contribution >= 0.6 is 15.9 Å². The van der Waals surface area contributed by atoms with Crippen LogP contribution in [0, 0.1) is 4.83 Å². The molecule has 0 unspecified atom stereocenters.